The largest absolute Gasteiger partial charge is 0.480 e. The lowest BCUT2D eigenvalue weighted by molar-refractivity contribution is -0.141. The summed E-state index contributed by atoms with van der Waals surface area (Å²) in [4.78, 5) is 16.7. The van der Waals surface area contributed by atoms with Gasteiger partial charge in [-0.15, -0.1) is 11.3 Å². The van der Waals surface area contributed by atoms with Gasteiger partial charge in [0, 0.05) is 41.7 Å². The molecule has 0 aliphatic carbocycles. The lowest BCUT2D eigenvalue weighted by Crippen LogP contribution is -2.33. The quantitative estimate of drug-likeness (QED) is 0.651. The topological polar surface area (TPSA) is 43.8 Å². The first kappa shape index (κ1) is 17.9. The molecule has 1 aliphatic rings. The molecule has 2 heterocycles. The fourth-order valence-electron chi connectivity index (χ4n) is 2.61. The van der Waals surface area contributed by atoms with Gasteiger partial charge in [-0.2, -0.15) is 0 Å². The molecule has 1 aliphatic heterocycles. The molecule has 4 nitrogen and oxygen atoms in total. The SMILES string of the molecule is CCC(C(=O)O)N1Cc2sc(C#Cc3ccc(N(C)C)cc3)cc2S1. The number of hydrogen-bond acceptors (Lipinski definition) is 5. The van der Waals surface area contributed by atoms with Gasteiger partial charge in [0.2, 0.25) is 0 Å². The third-order valence-electron chi connectivity index (χ3n) is 4.02. The molecule has 1 atom stereocenters. The van der Waals surface area contributed by atoms with Gasteiger partial charge in [-0.25, -0.2) is 4.31 Å². The Morgan fingerprint density at radius 2 is 2.04 bits per heavy atom. The Morgan fingerprint density at radius 1 is 1.32 bits per heavy atom. The van der Waals surface area contributed by atoms with E-state index in [-0.39, 0.29) is 0 Å². The van der Waals surface area contributed by atoms with Crippen LogP contribution in [0.2, 0.25) is 0 Å². The van der Waals surface area contributed by atoms with Crippen molar-refractivity contribution >= 4 is 34.9 Å². The summed E-state index contributed by atoms with van der Waals surface area (Å²) in [7, 11) is 4.03. The Morgan fingerprint density at radius 3 is 2.60 bits per heavy atom. The highest BCUT2D eigenvalue weighted by molar-refractivity contribution is 7.97. The number of rotatable bonds is 4. The average Bonchev–Trinajstić information content (AvgIpc) is 3.12. The maximum atomic E-state index is 11.3. The van der Waals surface area contributed by atoms with Crippen LogP contribution in [-0.2, 0) is 11.3 Å². The van der Waals surface area contributed by atoms with Gasteiger partial charge in [0.15, 0.2) is 0 Å². The molecule has 1 N–H and O–H groups in total. The van der Waals surface area contributed by atoms with Crippen molar-refractivity contribution in [2.75, 3.05) is 19.0 Å². The number of carbonyl (C=O) groups is 1. The summed E-state index contributed by atoms with van der Waals surface area (Å²) in [6, 6.07) is 9.80. The van der Waals surface area contributed by atoms with Gasteiger partial charge in [-0.3, -0.25) is 4.79 Å². The van der Waals surface area contributed by atoms with Gasteiger partial charge in [-0.05, 0) is 48.7 Å². The van der Waals surface area contributed by atoms with E-state index in [0.29, 0.717) is 13.0 Å². The third-order valence-corrected chi connectivity index (χ3v) is 6.36. The summed E-state index contributed by atoms with van der Waals surface area (Å²) in [5.74, 6) is 5.67. The minimum atomic E-state index is -0.758. The highest BCUT2D eigenvalue weighted by Gasteiger charge is 2.31. The van der Waals surface area contributed by atoms with E-state index in [4.69, 9.17) is 0 Å². The first-order valence-electron chi connectivity index (χ1n) is 8.07. The maximum absolute atomic E-state index is 11.3. The first-order valence-corrected chi connectivity index (χ1v) is 9.66. The predicted molar refractivity (Wildman–Crippen MR) is 104 cm³/mol. The highest BCUT2D eigenvalue weighted by Crippen LogP contribution is 2.42. The van der Waals surface area contributed by atoms with Crippen LogP contribution in [0.4, 0.5) is 5.69 Å². The lowest BCUT2D eigenvalue weighted by Gasteiger charge is -2.20. The summed E-state index contributed by atoms with van der Waals surface area (Å²) in [5, 5.41) is 9.29. The fourth-order valence-corrected chi connectivity index (χ4v) is 5.06. The predicted octanol–water partition coefficient (Wildman–Crippen LogP) is 3.90. The second-order valence-corrected chi connectivity index (χ2v) is 8.25. The monoisotopic (exact) mass is 372 g/mol. The zero-order valence-corrected chi connectivity index (χ0v) is 16.1. The molecule has 0 bridgehead atoms. The number of anilines is 1. The van der Waals surface area contributed by atoms with E-state index in [1.165, 1.54) is 16.8 Å². The van der Waals surface area contributed by atoms with Crippen LogP contribution in [0.5, 0.6) is 0 Å². The van der Waals surface area contributed by atoms with Crippen molar-refractivity contribution in [1.29, 1.82) is 0 Å². The number of nitrogens with zero attached hydrogens (tertiary/aromatic N) is 2. The first-order chi connectivity index (χ1) is 12.0. The summed E-state index contributed by atoms with van der Waals surface area (Å²) in [6.45, 7) is 2.58. The van der Waals surface area contributed by atoms with E-state index in [0.717, 1.165) is 21.0 Å². The minimum absolute atomic E-state index is 0.436. The van der Waals surface area contributed by atoms with E-state index in [9.17, 15) is 9.90 Å². The molecule has 25 heavy (non-hydrogen) atoms. The number of thiophene rings is 1. The number of aliphatic carboxylic acids is 1. The number of carboxylic acid groups (broad SMARTS) is 1. The van der Waals surface area contributed by atoms with Gasteiger partial charge in [0.05, 0.1) is 4.88 Å². The zero-order chi connectivity index (χ0) is 18.0. The van der Waals surface area contributed by atoms with Crippen LogP contribution >= 0.6 is 23.3 Å². The molecule has 130 valence electrons. The van der Waals surface area contributed by atoms with E-state index in [1.807, 2.05) is 37.5 Å². The summed E-state index contributed by atoms with van der Waals surface area (Å²) in [6.07, 6.45) is 0.604. The smallest absolute Gasteiger partial charge is 0.321 e. The molecule has 0 spiro atoms. The van der Waals surface area contributed by atoms with Crippen molar-refractivity contribution in [3.05, 3.63) is 45.6 Å². The van der Waals surface area contributed by atoms with Gasteiger partial charge >= 0.3 is 5.97 Å². The van der Waals surface area contributed by atoms with Gasteiger partial charge < -0.3 is 10.0 Å². The normalized spacial score (nSPS) is 14.5. The Hall–Kier alpha value is -1.94. The third kappa shape index (κ3) is 4.01. The Balaban J connectivity index is 1.70. The molecular formula is C19H20N2O2S2. The van der Waals surface area contributed by atoms with Crippen molar-refractivity contribution < 1.29 is 9.90 Å². The second kappa shape index (κ2) is 7.52. The van der Waals surface area contributed by atoms with Crippen molar-refractivity contribution in [3.8, 4) is 11.8 Å². The molecule has 2 aromatic rings. The molecule has 1 aromatic heterocycles. The average molecular weight is 373 g/mol. The van der Waals surface area contributed by atoms with E-state index >= 15 is 0 Å². The van der Waals surface area contributed by atoms with Crippen molar-refractivity contribution in [2.45, 2.75) is 30.8 Å². The molecule has 6 heteroatoms. The van der Waals surface area contributed by atoms with Gasteiger partial charge in [0.25, 0.3) is 0 Å². The Bertz CT molecular complexity index is 808. The van der Waals surface area contributed by atoms with Gasteiger partial charge in [-0.1, -0.05) is 18.8 Å². The van der Waals surface area contributed by atoms with Crippen molar-refractivity contribution in [2.24, 2.45) is 0 Å². The van der Waals surface area contributed by atoms with Gasteiger partial charge in [0.1, 0.15) is 6.04 Å². The van der Waals surface area contributed by atoms with Crippen LogP contribution < -0.4 is 4.90 Å². The molecule has 0 radical (unpaired) electrons. The molecule has 1 aromatic carbocycles. The molecule has 0 saturated heterocycles. The number of hydrogen-bond donors (Lipinski definition) is 1. The van der Waals surface area contributed by atoms with Crippen LogP contribution in [0.1, 0.15) is 28.7 Å². The molecule has 3 rings (SSSR count). The molecular weight excluding hydrogens is 352 g/mol. The summed E-state index contributed by atoms with van der Waals surface area (Å²) >= 11 is 3.19. The van der Waals surface area contributed by atoms with Crippen LogP contribution in [-0.4, -0.2) is 35.5 Å². The Kier molecular flexibility index (Phi) is 5.38. The minimum Gasteiger partial charge on any atom is -0.480 e. The van der Waals surface area contributed by atoms with E-state index in [2.05, 4.69) is 34.9 Å². The van der Waals surface area contributed by atoms with Crippen LogP contribution in [0.3, 0.4) is 0 Å². The number of benzene rings is 1. The second-order valence-electron chi connectivity index (χ2n) is 6.02. The molecule has 0 saturated carbocycles. The van der Waals surface area contributed by atoms with Crippen LogP contribution in [0.15, 0.2) is 35.2 Å². The van der Waals surface area contributed by atoms with Crippen LogP contribution in [0, 0.1) is 11.8 Å². The Labute approximate surface area is 156 Å². The van der Waals surface area contributed by atoms with Crippen LogP contribution in [0.25, 0.3) is 0 Å². The lowest BCUT2D eigenvalue weighted by atomic mass is 10.2. The maximum Gasteiger partial charge on any atom is 0.321 e. The molecule has 0 fully saturated rings. The van der Waals surface area contributed by atoms with E-state index < -0.39 is 12.0 Å². The number of carboxylic acids is 1. The van der Waals surface area contributed by atoms with Crippen molar-refractivity contribution in [3.63, 3.8) is 0 Å². The van der Waals surface area contributed by atoms with Crippen molar-refractivity contribution in [1.82, 2.24) is 4.31 Å². The summed E-state index contributed by atoms with van der Waals surface area (Å²) in [5.41, 5.74) is 2.14. The van der Waals surface area contributed by atoms with E-state index in [1.54, 1.807) is 11.3 Å². The molecule has 1 unspecified atom stereocenters. The fraction of sp³-hybridized carbons (Fsp3) is 0.316. The standard InChI is InChI=1S/C19H20N2O2S2/c1-4-16(19(22)23)21-12-18-17(25-21)11-15(24-18)10-7-13-5-8-14(9-6-13)20(2)3/h5-6,8-9,11,16H,4,12H2,1-3H3,(H,22,23). The summed E-state index contributed by atoms with van der Waals surface area (Å²) < 4.78 is 1.95. The molecule has 0 amide bonds. The number of fused-ring (bicyclic) bond motifs is 1. The highest BCUT2D eigenvalue weighted by atomic mass is 32.2. The zero-order valence-electron chi connectivity index (χ0n) is 14.4.